The highest BCUT2D eigenvalue weighted by Crippen LogP contribution is 2.31. The van der Waals surface area contributed by atoms with Crippen molar-refractivity contribution in [1.29, 1.82) is 0 Å². The van der Waals surface area contributed by atoms with Gasteiger partial charge < -0.3 is 4.52 Å². The third kappa shape index (κ3) is 3.12. The minimum atomic E-state index is -4.65. The second-order valence-electron chi connectivity index (χ2n) is 5.04. The van der Waals surface area contributed by atoms with Gasteiger partial charge in [0.2, 0.25) is 5.82 Å². The molecule has 7 heteroatoms. The molecule has 21 heavy (non-hydrogen) atoms. The zero-order chi connectivity index (χ0) is 15.0. The summed E-state index contributed by atoms with van der Waals surface area (Å²) in [4.78, 5) is 15.0. The average Bonchev–Trinajstić information content (AvgIpc) is 3.15. The number of carbonyl (C=O) groups is 1. The number of ketones is 1. The van der Waals surface area contributed by atoms with Gasteiger partial charge in [0.05, 0.1) is 0 Å². The van der Waals surface area contributed by atoms with Crippen LogP contribution in [0.5, 0.6) is 0 Å². The summed E-state index contributed by atoms with van der Waals surface area (Å²) >= 11 is 0. The van der Waals surface area contributed by atoms with Crippen LogP contribution in [0.2, 0.25) is 0 Å². The number of rotatable bonds is 4. The minimum Gasteiger partial charge on any atom is -0.329 e. The quantitative estimate of drug-likeness (QED) is 0.869. The van der Waals surface area contributed by atoms with Crippen LogP contribution in [0.1, 0.15) is 24.3 Å². The minimum absolute atomic E-state index is 0.123. The predicted octanol–water partition coefficient (Wildman–Crippen LogP) is 3.28. The summed E-state index contributed by atoms with van der Waals surface area (Å²) < 4.78 is 41.3. The molecule has 1 aromatic carbocycles. The van der Waals surface area contributed by atoms with Crippen molar-refractivity contribution in [3.05, 3.63) is 35.7 Å². The number of halogens is 3. The largest absolute Gasteiger partial charge is 0.471 e. The molecule has 4 nitrogen and oxygen atoms in total. The van der Waals surface area contributed by atoms with E-state index in [-0.39, 0.29) is 17.5 Å². The van der Waals surface area contributed by atoms with Gasteiger partial charge in [0, 0.05) is 17.9 Å². The second kappa shape index (κ2) is 4.98. The van der Waals surface area contributed by atoms with Crippen molar-refractivity contribution in [1.82, 2.24) is 10.1 Å². The Labute approximate surface area is 118 Å². The van der Waals surface area contributed by atoms with E-state index in [9.17, 15) is 18.0 Å². The first-order chi connectivity index (χ1) is 9.93. The molecule has 1 aliphatic carbocycles. The highest BCUT2D eigenvalue weighted by Gasteiger charge is 2.38. The molecule has 1 fully saturated rings. The summed E-state index contributed by atoms with van der Waals surface area (Å²) in [5.41, 5.74) is 1.24. The Kier molecular flexibility index (Phi) is 3.27. The lowest BCUT2D eigenvalue weighted by Crippen LogP contribution is -2.05. The van der Waals surface area contributed by atoms with E-state index in [1.807, 2.05) is 0 Å². The van der Waals surface area contributed by atoms with Crippen LogP contribution in [0.3, 0.4) is 0 Å². The SMILES string of the molecule is O=C(Cc1ccc(-c2noc(C(F)(F)F)n2)cc1)C1CC1. The van der Waals surface area contributed by atoms with E-state index >= 15 is 0 Å². The van der Waals surface area contributed by atoms with Crippen molar-refractivity contribution < 1.29 is 22.5 Å². The Hall–Kier alpha value is -2.18. The predicted molar refractivity (Wildman–Crippen MR) is 66.2 cm³/mol. The molecular formula is C14H11F3N2O2. The highest BCUT2D eigenvalue weighted by molar-refractivity contribution is 5.85. The van der Waals surface area contributed by atoms with E-state index in [0.717, 1.165) is 18.4 Å². The number of hydrogen-bond donors (Lipinski definition) is 0. The fraction of sp³-hybridized carbons (Fsp3) is 0.357. The lowest BCUT2D eigenvalue weighted by Gasteiger charge is -2.01. The van der Waals surface area contributed by atoms with E-state index < -0.39 is 12.1 Å². The maximum Gasteiger partial charge on any atom is 0.471 e. The van der Waals surface area contributed by atoms with Crippen LogP contribution in [-0.2, 0) is 17.4 Å². The molecule has 0 spiro atoms. The molecule has 0 unspecified atom stereocenters. The molecular weight excluding hydrogens is 285 g/mol. The summed E-state index contributed by atoms with van der Waals surface area (Å²) in [6, 6.07) is 6.56. The smallest absolute Gasteiger partial charge is 0.329 e. The monoisotopic (exact) mass is 296 g/mol. The standard InChI is InChI=1S/C14H11F3N2O2/c15-14(16,17)13-18-12(19-21-13)10-3-1-8(2-4-10)7-11(20)9-5-6-9/h1-4,9H,5-7H2. The topological polar surface area (TPSA) is 56.0 Å². The van der Waals surface area contributed by atoms with Crippen LogP contribution in [0, 0.1) is 5.92 Å². The van der Waals surface area contributed by atoms with Crippen LogP contribution in [-0.4, -0.2) is 15.9 Å². The summed E-state index contributed by atoms with van der Waals surface area (Å²) in [6.07, 6.45) is -2.38. The number of alkyl halides is 3. The van der Waals surface area contributed by atoms with Crippen LogP contribution in [0.15, 0.2) is 28.8 Å². The molecule has 0 amide bonds. The van der Waals surface area contributed by atoms with Gasteiger partial charge >= 0.3 is 12.1 Å². The summed E-state index contributed by atoms with van der Waals surface area (Å²) in [7, 11) is 0. The fourth-order valence-corrected chi connectivity index (χ4v) is 1.98. The molecule has 110 valence electrons. The molecule has 1 aromatic heterocycles. The van der Waals surface area contributed by atoms with Crippen molar-refractivity contribution in [3.63, 3.8) is 0 Å². The van der Waals surface area contributed by atoms with Gasteiger partial charge in [-0.25, -0.2) is 0 Å². The van der Waals surface area contributed by atoms with Gasteiger partial charge in [0.1, 0.15) is 5.78 Å². The molecule has 0 bridgehead atoms. The number of carbonyl (C=O) groups excluding carboxylic acids is 1. The van der Waals surface area contributed by atoms with E-state index in [1.165, 1.54) is 0 Å². The fourth-order valence-electron chi connectivity index (χ4n) is 1.98. The third-order valence-electron chi connectivity index (χ3n) is 3.29. The van der Waals surface area contributed by atoms with Crippen LogP contribution in [0.25, 0.3) is 11.4 Å². The van der Waals surface area contributed by atoms with Crippen molar-refractivity contribution >= 4 is 5.78 Å². The summed E-state index contributed by atoms with van der Waals surface area (Å²) in [6.45, 7) is 0. The van der Waals surface area contributed by atoms with E-state index in [4.69, 9.17) is 0 Å². The molecule has 1 saturated carbocycles. The maximum absolute atomic E-state index is 12.4. The van der Waals surface area contributed by atoms with Crippen molar-refractivity contribution in [2.24, 2.45) is 5.92 Å². The number of hydrogen-bond acceptors (Lipinski definition) is 4. The Bertz CT molecular complexity index is 658. The van der Waals surface area contributed by atoms with Gasteiger partial charge in [-0.3, -0.25) is 4.79 Å². The van der Waals surface area contributed by atoms with E-state index in [1.54, 1.807) is 24.3 Å². The molecule has 0 radical (unpaired) electrons. The van der Waals surface area contributed by atoms with E-state index in [2.05, 4.69) is 14.7 Å². The van der Waals surface area contributed by atoms with Crippen LogP contribution >= 0.6 is 0 Å². The van der Waals surface area contributed by atoms with Crippen LogP contribution < -0.4 is 0 Å². The van der Waals surface area contributed by atoms with Gasteiger partial charge in [-0.2, -0.15) is 18.2 Å². The summed E-state index contributed by atoms with van der Waals surface area (Å²) in [5.74, 6) is -1.09. The average molecular weight is 296 g/mol. The lowest BCUT2D eigenvalue weighted by molar-refractivity contribution is -0.159. The summed E-state index contributed by atoms with van der Waals surface area (Å²) in [5, 5.41) is 3.31. The zero-order valence-corrected chi connectivity index (χ0v) is 10.9. The van der Waals surface area contributed by atoms with Gasteiger partial charge in [0.15, 0.2) is 0 Å². The van der Waals surface area contributed by atoms with Crippen molar-refractivity contribution in [2.75, 3.05) is 0 Å². The normalized spacial score (nSPS) is 15.2. The molecule has 0 atom stereocenters. The Morgan fingerprint density at radius 2 is 1.90 bits per heavy atom. The van der Waals surface area contributed by atoms with Crippen LogP contribution in [0.4, 0.5) is 13.2 Å². The first-order valence-electron chi connectivity index (χ1n) is 6.46. The number of Topliss-reactive ketones (excluding diaryl/α,β-unsaturated/α-hetero) is 1. The maximum atomic E-state index is 12.4. The number of nitrogens with zero attached hydrogens (tertiary/aromatic N) is 2. The van der Waals surface area contributed by atoms with E-state index in [0.29, 0.717) is 12.0 Å². The number of aromatic nitrogens is 2. The first kappa shape index (κ1) is 13.8. The molecule has 0 aliphatic heterocycles. The molecule has 1 aliphatic rings. The van der Waals surface area contributed by atoms with Gasteiger partial charge in [-0.15, -0.1) is 0 Å². The van der Waals surface area contributed by atoms with Gasteiger partial charge in [0.25, 0.3) is 0 Å². The third-order valence-corrected chi connectivity index (χ3v) is 3.29. The Morgan fingerprint density at radius 3 is 2.43 bits per heavy atom. The first-order valence-corrected chi connectivity index (χ1v) is 6.46. The highest BCUT2D eigenvalue weighted by atomic mass is 19.4. The lowest BCUT2D eigenvalue weighted by atomic mass is 10.0. The zero-order valence-electron chi connectivity index (χ0n) is 10.9. The molecule has 3 rings (SSSR count). The Balaban J connectivity index is 1.74. The Morgan fingerprint density at radius 1 is 1.24 bits per heavy atom. The molecule has 1 heterocycles. The molecule has 0 N–H and O–H groups in total. The molecule has 0 saturated heterocycles. The number of benzene rings is 1. The second-order valence-corrected chi connectivity index (χ2v) is 5.04. The van der Waals surface area contributed by atoms with Gasteiger partial charge in [-0.05, 0) is 18.4 Å². The van der Waals surface area contributed by atoms with Gasteiger partial charge in [-0.1, -0.05) is 29.4 Å². The van der Waals surface area contributed by atoms with Crippen molar-refractivity contribution in [3.8, 4) is 11.4 Å². The van der Waals surface area contributed by atoms with Crippen molar-refractivity contribution in [2.45, 2.75) is 25.4 Å². The molecule has 2 aromatic rings.